The number of nitrogens with one attached hydrogen (secondary N) is 2. The van der Waals surface area contributed by atoms with Crippen LogP contribution in [0.2, 0.25) is 0 Å². The Morgan fingerprint density at radius 2 is 2.14 bits per heavy atom. The zero-order valence-corrected chi connectivity index (χ0v) is 14.0. The second kappa shape index (κ2) is 6.28. The summed E-state index contributed by atoms with van der Waals surface area (Å²) in [7, 11) is -4.04. The van der Waals surface area contributed by atoms with E-state index in [1.54, 1.807) is 0 Å². The van der Waals surface area contributed by atoms with E-state index in [0.717, 1.165) is 25.5 Å². The molecule has 0 bridgehead atoms. The highest BCUT2D eigenvalue weighted by Gasteiger charge is 2.30. The fourth-order valence-corrected chi connectivity index (χ4v) is 4.76. The minimum atomic E-state index is -4.04. The fraction of sp³-hybridized carbons (Fsp3) is 0.538. The largest absolute Gasteiger partial charge is 0.316 e. The summed E-state index contributed by atoms with van der Waals surface area (Å²) in [5.74, 6) is -1.94. The maximum atomic E-state index is 13.8. The summed E-state index contributed by atoms with van der Waals surface area (Å²) in [6.07, 6.45) is 1.85. The van der Waals surface area contributed by atoms with Crippen molar-refractivity contribution >= 4 is 26.0 Å². The molecule has 0 aromatic heterocycles. The first-order chi connectivity index (χ1) is 9.73. The van der Waals surface area contributed by atoms with Crippen molar-refractivity contribution in [1.29, 1.82) is 0 Å². The highest BCUT2D eigenvalue weighted by Crippen LogP contribution is 2.28. The van der Waals surface area contributed by atoms with Gasteiger partial charge in [0, 0.05) is 23.6 Å². The lowest BCUT2D eigenvalue weighted by Gasteiger charge is -2.34. The van der Waals surface area contributed by atoms with E-state index < -0.39 is 26.6 Å². The summed E-state index contributed by atoms with van der Waals surface area (Å²) in [5, 5.41) is 3.21. The second-order valence-electron chi connectivity index (χ2n) is 5.61. The minimum absolute atomic E-state index is 0.126. The highest BCUT2D eigenvalue weighted by atomic mass is 79.9. The Morgan fingerprint density at radius 3 is 2.71 bits per heavy atom. The Hall–Kier alpha value is -0.570. The third-order valence-corrected chi connectivity index (χ3v) is 5.97. The van der Waals surface area contributed by atoms with Crippen molar-refractivity contribution in [2.75, 3.05) is 19.6 Å². The van der Waals surface area contributed by atoms with Crippen molar-refractivity contribution in [3.05, 3.63) is 28.2 Å². The zero-order chi connectivity index (χ0) is 15.7. The molecule has 1 fully saturated rings. The van der Waals surface area contributed by atoms with Crippen LogP contribution in [0.5, 0.6) is 0 Å². The van der Waals surface area contributed by atoms with Crippen molar-refractivity contribution in [1.82, 2.24) is 10.0 Å². The predicted molar refractivity (Wildman–Crippen MR) is 79.5 cm³/mol. The van der Waals surface area contributed by atoms with Gasteiger partial charge in [-0.3, -0.25) is 0 Å². The minimum Gasteiger partial charge on any atom is -0.316 e. The van der Waals surface area contributed by atoms with Crippen molar-refractivity contribution in [3.8, 4) is 0 Å². The number of benzene rings is 1. The molecular formula is C13H17BrF2N2O2S. The van der Waals surface area contributed by atoms with Gasteiger partial charge in [-0.1, -0.05) is 6.92 Å². The zero-order valence-electron chi connectivity index (χ0n) is 11.5. The quantitative estimate of drug-likeness (QED) is 0.840. The lowest BCUT2D eigenvalue weighted by atomic mass is 9.83. The summed E-state index contributed by atoms with van der Waals surface area (Å²) < 4.78 is 53.6. The van der Waals surface area contributed by atoms with E-state index in [2.05, 4.69) is 26.0 Å². The maximum absolute atomic E-state index is 13.8. The lowest BCUT2D eigenvalue weighted by molar-refractivity contribution is 0.238. The first kappa shape index (κ1) is 16.8. The van der Waals surface area contributed by atoms with E-state index in [1.807, 2.05) is 6.92 Å². The van der Waals surface area contributed by atoms with E-state index in [9.17, 15) is 17.2 Å². The van der Waals surface area contributed by atoms with Crippen molar-refractivity contribution in [3.63, 3.8) is 0 Å². The molecule has 2 rings (SSSR count). The van der Waals surface area contributed by atoms with Gasteiger partial charge < -0.3 is 5.32 Å². The first-order valence-electron chi connectivity index (χ1n) is 6.58. The van der Waals surface area contributed by atoms with Crippen LogP contribution >= 0.6 is 15.9 Å². The van der Waals surface area contributed by atoms with Crippen LogP contribution in [0.15, 0.2) is 21.5 Å². The van der Waals surface area contributed by atoms with E-state index in [4.69, 9.17) is 0 Å². The van der Waals surface area contributed by atoms with Crippen LogP contribution in [0.25, 0.3) is 0 Å². The van der Waals surface area contributed by atoms with Gasteiger partial charge in [0.25, 0.3) is 0 Å². The van der Waals surface area contributed by atoms with Crippen molar-refractivity contribution in [2.45, 2.75) is 24.7 Å². The Bertz CT molecular complexity index is 608. The number of piperidine rings is 1. The molecule has 1 aliphatic rings. The van der Waals surface area contributed by atoms with E-state index in [1.165, 1.54) is 0 Å². The molecule has 8 heteroatoms. The number of rotatable bonds is 4. The Morgan fingerprint density at radius 1 is 1.43 bits per heavy atom. The number of hydrogen-bond donors (Lipinski definition) is 2. The lowest BCUT2D eigenvalue weighted by Crippen LogP contribution is -2.45. The van der Waals surface area contributed by atoms with Gasteiger partial charge in [0.15, 0.2) is 0 Å². The average Bonchev–Trinajstić information content (AvgIpc) is 2.36. The third kappa shape index (κ3) is 4.00. The molecule has 21 heavy (non-hydrogen) atoms. The van der Waals surface area contributed by atoms with Crippen LogP contribution in [0.4, 0.5) is 8.78 Å². The molecular weight excluding hydrogens is 366 g/mol. The maximum Gasteiger partial charge on any atom is 0.244 e. The van der Waals surface area contributed by atoms with Gasteiger partial charge in [0.2, 0.25) is 10.0 Å². The van der Waals surface area contributed by atoms with Crippen molar-refractivity contribution in [2.24, 2.45) is 5.41 Å². The molecule has 4 nitrogen and oxygen atoms in total. The van der Waals surface area contributed by atoms with Crippen LogP contribution < -0.4 is 10.0 Å². The molecule has 0 spiro atoms. The number of hydrogen-bond acceptors (Lipinski definition) is 3. The summed E-state index contributed by atoms with van der Waals surface area (Å²) in [6.45, 7) is 3.78. The molecule has 0 aliphatic carbocycles. The Kier molecular flexibility index (Phi) is 5.02. The Labute approximate surface area is 131 Å². The molecule has 1 saturated heterocycles. The van der Waals surface area contributed by atoms with Gasteiger partial charge in [0.1, 0.15) is 16.5 Å². The summed E-state index contributed by atoms with van der Waals surface area (Å²) in [4.78, 5) is -0.559. The molecule has 1 atom stereocenters. The SMILES string of the molecule is CC1(CNS(=O)(=O)c2c(F)cc(F)cc2Br)CCCNC1. The van der Waals surface area contributed by atoms with E-state index in [0.29, 0.717) is 12.6 Å². The van der Waals surface area contributed by atoms with Crippen LogP contribution in [0.1, 0.15) is 19.8 Å². The number of halogens is 3. The summed E-state index contributed by atoms with van der Waals surface area (Å²) >= 11 is 2.90. The van der Waals surface area contributed by atoms with Crippen LogP contribution in [-0.4, -0.2) is 28.1 Å². The summed E-state index contributed by atoms with van der Waals surface area (Å²) in [6, 6.07) is 1.49. The van der Waals surface area contributed by atoms with Crippen molar-refractivity contribution < 1.29 is 17.2 Å². The molecule has 1 aliphatic heterocycles. The summed E-state index contributed by atoms with van der Waals surface area (Å²) in [5.41, 5.74) is -0.214. The van der Waals surface area contributed by atoms with Gasteiger partial charge in [-0.05, 0) is 46.8 Å². The van der Waals surface area contributed by atoms with Gasteiger partial charge in [-0.25, -0.2) is 21.9 Å². The van der Waals surface area contributed by atoms with Gasteiger partial charge in [-0.2, -0.15) is 0 Å². The fourth-order valence-electron chi connectivity index (χ4n) is 2.40. The van der Waals surface area contributed by atoms with Gasteiger partial charge in [-0.15, -0.1) is 0 Å². The Balaban J connectivity index is 2.19. The van der Waals surface area contributed by atoms with E-state index >= 15 is 0 Å². The molecule has 0 amide bonds. The molecule has 118 valence electrons. The standard InChI is InChI=1S/C13H17BrF2N2O2S/c1-13(3-2-4-17-7-13)8-18-21(19,20)12-10(14)5-9(15)6-11(12)16/h5-6,17-18H,2-4,7-8H2,1H3. The smallest absolute Gasteiger partial charge is 0.244 e. The average molecular weight is 383 g/mol. The molecule has 1 unspecified atom stereocenters. The highest BCUT2D eigenvalue weighted by molar-refractivity contribution is 9.10. The van der Waals surface area contributed by atoms with Gasteiger partial charge >= 0.3 is 0 Å². The topological polar surface area (TPSA) is 58.2 Å². The van der Waals surface area contributed by atoms with Crippen LogP contribution in [-0.2, 0) is 10.0 Å². The second-order valence-corrected chi connectivity index (χ2v) is 8.17. The van der Waals surface area contributed by atoms with E-state index in [-0.39, 0.29) is 16.4 Å². The molecule has 2 N–H and O–H groups in total. The predicted octanol–water partition coefficient (Wildman–Crippen LogP) is 2.40. The first-order valence-corrected chi connectivity index (χ1v) is 8.86. The monoisotopic (exact) mass is 382 g/mol. The van der Waals surface area contributed by atoms with Gasteiger partial charge in [0.05, 0.1) is 0 Å². The third-order valence-electron chi connectivity index (χ3n) is 3.61. The number of sulfonamides is 1. The normalized spacial score (nSPS) is 23.2. The molecule has 1 aromatic rings. The molecule has 1 aromatic carbocycles. The van der Waals surface area contributed by atoms with Crippen LogP contribution in [0.3, 0.4) is 0 Å². The molecule has 0 saturated carbocycles. The van der Waals surface area contributed by atoms with Crippen LogP contribution in [0, 0.1) is 17.0 Å². The molecule has 1 heterocycles. The molecule has 0 radical (unpaired) electrons.